The average molecular weight is 580 g/mol. The fraction of sp³-hybridized carbons (Fsp3) is 0.351. The molecule has 2 amide bonds. The van der Waals surface area contributed by atoms with Gasteiger partial charge in [-0.05, 0) is 53.8 Å². The second kappa shape index (κ2) is 16.4. The lowest BCUT2D eigenvalue weighted by molar-refractivity contribution is -0.142. The van der Waals surface area contributed by atoms with E-state index in [1.807, 2.05) is 103 Å². The van der Waals surface area contributed by atoms with E-state index in [0.717, 1.165) is 47.4 Å². The van der Waals surface area contributed by atoms with Gasteiger partial charge in [0.25, 0.3) is 0 Å². The first-order valence-electron chi connectivity index (χ1n) is 15.4. The highest BCUT2D eigenvalue weighted by Gasteiger charge is 2.28. The van der Waals surface area contributed by atoms with Crippen molar-refractivity contribution in [1.82, 2.24) is 14.4 Å². The molecule has 0 aliphatic heterocycles. The van der Waals surface area contributed by atoms with Crippen LogP contribution in [0.3, 0.4) is 0 Å². The van der Waals surface area contributed by atoms with Gasteiger partial charge in [-0.1, -0.05) is 99.5 Å². The second-order valence-corrected chi connectivity index (χ2v) is 11.1. The minimum absolute atomic E-state index is 0.0271. The number of ether oxygens (including phenoxy) is 1. The van der Waals surface area contributed by atoms with Crippen molar-refractivity contribution in [2.24, 2.45) is 0 Å². The molecule has 0 aliphatic carbocycles. The maximum absolute atomic E-state index is 14.1. The molecule has 226 valence electrons. The summed E-state index contributed by atoms with van der Waals surface area (Å²) in [5.74, 6) is 0.532. The van der Waals surface area contributed by atoms with Crippen molar-refractivity contribution in [3.8, 4) is 5.75 Å². The van der Waals surface area contributed by atoms with Crippen LogP contribution < -0.4 is 4.74 Å². The Kier molecular flexibility index (Phi) is 12.0. The number of unbranched alkanes of at least 4 members (excludes halogenated alkanes) is 2. The molecule has 0 radical (unpaired) electrons. The van der Waals surface area contributed by atoms with E-state index in [4.69, 9.17) is 4.74 Å². The maximum atomic E-state index is 14.1. The normalized spacial score (nSPS) is 11.6. The van der Waals surface area contributed by atoms with Crippen LogP contribution in [0.15, 0.2) is 103 Å². The molecule has 3 aromatic carbocycles. The zero-order chi connectivity index (χ0) is 30.4. The van der Waals surface area contributed by atoms with Gasteiger partial charge in [0.15, 0.2) is 0 Å². The predicted octanol–water partition coefficient (Wildman–Crippen LogP) is 7.29. The molecule has 4 rings (SSSR count). The second-order valence-electron chi connectivity index (χ2n) is 11.1. The minimum atomic E-state index is -0.265. The van der Waals surface area contributed by atoms with E-state index in [9.17, 15) is 9.59 Å². The van der Waals surface area contributed by atoms with E-state index in [0.29, 0.717) is 32.6 Å². The van der Waals surface area contributed by atoms with E-state index in [-0.39, 0.29) is 24.3 Å². The Bertz CT molecular complexity index is 1420. The van der Waals surface area contributed by atoms with Gasteiger partial charge in [-0.2, -0.15) is 0 Å². The van der Waals surface area contributed by atoms with Gasteiger partial charge >= 0.3 is 0 Å². The Hall–Kier alpha value is -4.32. The molecule has 0 aliphatic rings. The molecule has 0 spiro atoms. The van der Waals surface area contributed by atoms with E-state index >= 15 is 0 Å². The van der Waals surface area contributed by atoms with Crippen molar-refractivity contribution >= 4 is 11.8 Å². The predicted molar refractivity (Wildman–Crippen MR) is 173 cm³/mol. The van der Waals surface area contributed by atoms with E-state index in [1.54, 1.807) is 12.0 Å². The Labute approximate surface area is 256 Å². The van der Waals surface area contributed by atoms with Crippen molar-refractivity contribution in [2.75, 3.05) is 20.2 Å². The van der Waals surface area contributed by atoms with E-state index in [1.165, 1.54) is 0 Å². The third kappa shape index (κ3) is 9.08. The fourth-order valence-electron chi connectivity index (χ4n) is 5.49. The number of hydrogen-bond donors (Lipinski definition) is 0. The molecule has 6 heteroatoms. The van der Waals surface area contributed by atoms with Crippen molar-refractivity contribution in [1.29, 1.82) is 0 Å². The number of rotatable bonds is 16. The average Bonchev–Trinajstić information content (AvgIpc) is 3.47. The Morgan fingerprint density at radius 1 is 0.791 bits per heavy atom. The third-order valence-electron chi connectivity index (χ3n) is 7.91. The highest BCUT2D eigenvalue weighted by atomic mass is 16.5. The number of methoxy groups -OCH3 is 1. The molecule has 1 unspecified atom stereocenters. The Balaban J connectivity index is 1.57. The van der Waals surface area contributed by atoms with Gasteiger partial charge in [-0.25, -0.2) is 0 Å². The van der Waals surface area contributed by atoms with Crippen LogP contribution in [0.2, 0.25) is 0 Å². The lowest BCUT2D eigenvalue weighted by Crippen LogP contribution is -2.44. The number of carbonyl (C=O) groups is 2. The van der Waals surface area contributed by atoms with Crippen LogP contribution in [0, 0.1) is 0 Å². The first-order chi connectivity index (χ1) is 21.0. The van der Waals surface area contributed by atoms with Crippen molar-refractivity contribution in [3.63, 3.8) is 0 Å². The number of hydrogen-bond acceptors (Lipinski definition) is 3. The van der Waals surface area contributed by atoms with Gasteiger partial charge in [0.05, 0.1) is 26.1 Å². The molecule has 43 heavy (non-hydrogen) atoms. The van der Waals surface area contributed by atoms with Crippen molar-refractivity contribution in [2.45, 2.75) is 65.1 Å². The summed E-state index contributed by atoms with van der Waals surface area (Å²) in [4.78, 5) is 31.8. The summed E-state index contributed by atoms with van der Waals surface area (Å²) in [5, 5.41) is 0. The zero-order valence-electron chi connectivity index (χ0n) is 25.8. The zero-order valence-corrected chi connectivity index (χ0v) is 25.8. The van der Waals surface area contributed by atoms with Crippen LogP contribution in [0.25, 0.3) is 0 Å². The Morgan fingerprint density at radius 2 is 1.51 bits per heavy atom. The summed E-state index contributed by atoms with van der Waals surface area (Å²) in [5.41, 5.74) is 4.21. The lowest BCUT2D eigenvalue weighted by atomic mass is 9.95. The minimum Gasteiger partial charge on any atom is -0.497 e. The molecule has 0 bridgehead atoms. The molecule has 0 fully saturated rings. The molecule has 4 aromatic rings. The van der Waals surface area contributed by atoms with Crippen LogP contribution in [-0.2, 0) is 29.2 Å². The maximum Gasteiger partial charge on any atom is 0.242 e. The fourth-order valence-corrected chi connectivity index (χ4v) is 5.49. The quantitative estimate of drug-likeness (QED) is 0.131. The third-order valence-corrected chi connectivity index (χ3v) is 7.91. The summed E-state index contributed by atoms with van der Waals surface area (Å²) in [6.07, 6.45) is 5.68. The lowest BCUT2D eigenvalue weighted by Gasteiger charge is -2.30. The van der Waals surface area contributed by atoms with E-state index < -0.39 is 0 Å². The van der Waals surface area contributed by atoms with Crippen LogP contribution in [0.5, 0.6) is 5.75 Å². The summed E-state index contributed by atoms with van der Waals surface area (Å²) >= 11 is 0. The molecule has 1 heterocycles. The summed E-state index contributed by atoms with van der Waals surface area (Å²) < 4.78 is 7.59. The molecule has 0 saturated heterocycles. The van der Waals surface area contributed by atoms with Gasteiger partial charge in [-0.3, -0.25) is 9.59 Å². The molecule has 1 aromatic heterocycles. The first-order valence-corrected chi connectivity index (χ1v) is 15.4. The van der Waals surface area contributed by atoms with E-state index in [2.05, 4.69) is 23.6 Å². The molecular formula is C37H45N3O3. The Morgan fingerprint density at radius 3 is 2.21 bits per heavy atom. The van der Waals surface area contributed by atoms with Crippen LogP contribution in [-0.4, -0.2) is 46.4 Å². The van der Waals surface area contributed by atoms with Gasteiger partial charge in [0.2, 0.25) is 11.8 Å². The smallest absolute Gasteiger partial charge is 0.242 e. The number of amides is 2. The number of aromatic nitrogens is 1. The van der Waals surface area contributed by atoms with Gasteiger partial charge in [0, 0.05) is 31.5 Å². The molecule has 6 nitrogen and oxygen atoms in total. The molecule has 0 N–H and O–H groups in total. The van der Waals surface area contributed by atoms with Crippen LogP contribution in [0.1, 0.15) is 67.8 Å². The van der Waals surface area contributed by atoms with Crippen LogP contribution >= 0.6 is 0 Å². The van der Waals surface area contributed by atoms with Gasteiger partial charge in [-0.15, -0.1) is 0 Å². The SMILES string of the molecule is CCCCCN(CC(=O)N(Cc1ccccc1)Cc1cccn1Cc1cccc(OC)c1)C(=O)C(CC)c1ccccc1. The summed E-state index contributed by atoms with van der Waals surface area (Å²) in [6.45, 7) is 6.42. The molecule has 1 atom stereocenters. The van der Waals surface area contributed by atoms with Gasteiger partial charge < -0.3 is 19.1 Å². The van der Waals surface area contributed by atoms with Crippen molar-refractivity contribution < 1.29 is 14.3 Å². The standard InChI is InChI=1S/C37H45N3O3/c1-4-6-13-23-39(37(42)35(5-2)32-19-11-8-12-20-32)29-36(41)40(26-30-16-9-7-10-17-30)28-33-21-15-24-38(33)27-31-18-14-22-34(25-31)43-3/h7-12,14-22,24-25,35H,4-6,13,23,26-29H2,1-3H3. The first kappa shape index (κ1) is 31.6. The monoisotopic (exact) mass is 579 g/mol. The number of nitrogens with zero attached hydrogens (tertiary/aromatic N) is 3. The highest BCUT2D eigenvalue weighted by Crippen LogP contribution is 2.23. The number of carbonyl (C=O) groups excluding carboxylic acids is 2. The van der Waals surface area contributed by atoms with Crippen molar-refractivity contribution in [3.05, 3.63) is 126 Å². The molecular weight excluding hydrogens is 534 g/mol. The topological polar surface area (TPSA) is 54.8 Å². The number of benzene rings is 3. The van der Waals surface area contributed by atoms with Gasteiger partial charge in [0.1, 0.15) is 5.75 Å². The largest absolute Gasteiger partial charge is 0.497 e. The van der Waals surface area contributed by atoms with Crippen LogP contribution in [0.4, 0.5) is 0 Å². The molecule has 0 saturated carbocycles. The summed E-state index contributed by atoms with van der Waals surface area (Å²) in [6, 6.07) is 32.1. The summed E-state index contributed by atoms with van der Waals surface area (Å²) in [7, 11) is 1.67. The highest BCUT2D eigenvalue weighted by molar-refractivity contribution is 5.88.